The zero-order valence-electron chi connectivity index (χ0n) is 9.67. The Kier molecular flexibility index (Phi) is 3.60. The van der Waals surface area contributed by atoms with E-state index in [0.717, 1.165) is 23.9 Å². The summed E-state index contributed by atoms with van der Waals surface area (Å²) >= 11 is 12.1. The third-order valence-electron chi connectivity index (χ3n) is 2.44. The fraction of sp³-hybridized carbons (Fsp3) is 0.250. The molecule has 1 heterocycles. The fourth-order valence-electron chi connectivity index (χ4n) is 1.61. The molecule has 0 fully saturated rings. The Hall–Kier alpha value is -1.19. The molecule has 0 amide bonds. The van der Waals surface area contributed by atoms with Crippen LogP contribution in [0.3, 0.4) is 0 Å². The van der Waals surface area contributed by atoms with Gasteiger partial charge in [-0.2, -0.15) is 0 Å². The van der Waals surface area contributed by atoms with Crippen molar-refractivity contribution in [2.24, 2.45) is 0 Å². The van der Waals surface area contributed by atoms with Crippen molar-refractivity contribution in [1.82, 2.24) is 9.55 Å². The molecule has 0 aliphatic heterocycles. The Balaban J connectivity index is 2.34. The van der Waals surface area contributed by atoms with Gasteiger partial charge in [0.25, 0.3) is 0 Å². The second-order valence-electron chi connectivity index (χ2n) is 3.72. The molecule has 0 bridgehead atoms. The van der Waals surface area contributed by atoms with E-state index in [1.807, 2.05) is 29.8 Å². The number of hydrogen-bond acceptors (Lipinski definition) is 2. The van der Waals surface area contributed by atoms with Crippen LogP contribution in [0.4, 0.5) is 11.6 Å². The maximum absolute atomic E-state index is 6.11. The van der Waals surface area contributed by atoms with Crippen LogP contribution in [0, 0.1) is 6.92 Å². The van der Waals surface area contributed by atoms with Crippen LogP contribution in [0.5, 0.6) is 0 Å². The lowest BCUT2D eigenvalue weighted by molar-refractivity contribution is 0.771. The van der Waals surface area contributed by atoms with E-state index in [1.54, 1.807) is 6.07 Å². The van der Waals surface area contributed by atoms with Gasteiger partial charge in [0.2, 0.25) is 5.95 Å². The number of aromatic nitrogens is 2. The van der Waals surface area contributed by atoms with E-state index in [-0.39, 0.29) is 0 Å². The summed E-state index contributed by atoms with van der Waals surface area (Å²) in [6.45, 7) is 4.87. The largest absolute Gasteiger partial charge is 0.324 e. The van der Waals surface area contributed by atoms with Gasteiger partial charge in [-0.15, -0.1) is 0 Å². The molecule has 1 aromatic carbocycles. The molecule has 0 aliphatic carbocycles. The van der Waals surface area contributed by atoms with Crippen molar-refractivity contribution in [3.63, 3.8) is 0 Å². The van der Waals surface area contributed by atoms with E-state index in [2.05, 4.69) is 17.2 Å². The average molecular weight is 270 g/mol. The van der Waals surface area contributed by atoms with Gasteiger partial charge >= 0.3 is 0 Å². The van der Waals surface area contributed by atoms with Crippen molar-refractivity contribution in [1.29, 1.82) is 0 Å². The topological polar surface area (TPSA) is 29.9 Å². The van der Waals surface area contributed by atoms with Gasteiger partial charge in [0.15, 0.2) is 0 Å². The van der Waals surface area contributed by atoms with Crippen molar-refractivity contribution in [2.75, 3.05) is 5.32 Å². The first-order chi connectivity index (χ1) is 8.11. The molecule has 0 saturated heterocycles. The summed E-state index contributed by atoms with van der Waals surface area (Å²) in [5.74, 6) is 0.772. The maximum Gasteiger partial charge on any atom is 0.207 e. The van der Waals surface area contributed by atoms with Gasteiger partial charge in [0.1, 0.15) is 0 Å². The van der Waals surface area contributed by atoms with Crippen LogP contribution in [0.25, 0.3) is 0 Å². The number of halogens is 2. The molecule has 0 unspecified atom stereocenters. The minimum absolute atomic E-state index is 0.512. The molecule has 0 atom stereocenters. The van der Waals surface area contributed by atoms with Crippen molar-refractivity contribution >= 4 is 34.8 Å². The zero-order valence-corrected chi connectivity index (χ0v) is 11.2. The molecule has 5 heteroatoms. The summed E-state index contributed by atoms with van der Waals surface area (Å²) in [6.07, 6.45) is 1.99. The molecule has 2 rings (SSSR count). The number of nitrogens with zero attached hydrogens (tertiary/aromatic N) is 2. The molecule has 0 spiro atoms. The van der Waals surface area contributed by atoms with Crippen LogP contribution in [-0.4, -0.2) is 9.55 Å². The Morgan fingerprint density at radius 2 is 2.12 bits per heavy atom. The minimum atomic E-state index is 0.512. The first kappa shape index (κ1) is 12.3. The molecule has 90 valence electrons. The second-order valence-corrected chi connectivity index (χ2v) is 4.50. The normalized spacial score (nSPS) is 10.6. The van der Waals surface area contributed by atoms with Gasteiger partial charge < -0.3 is 9.88 Å². The summed E-state index contributed by atoms with van der Waals surface area (Å²) < 4.78 is 2.02. The van der Waals surface area contributed by atoms with Crippen LogP contribution < -0.4 is 5.32 Å². The minimum Gasteiger partial charge on any atom is -0.324 e. The molecule has 3 nitrogen and oxygen atoms in total. The molecule has 0 saturated carbocycles. The standard InChI is InChI=1S/C12H13Cl2N3/c1-3-17-7-8(2)15-12(17)16-10-6-4-5-9(13)11(10)14/h4-7H,3H2,1-2H3,(H,15,16). The average Bonchev–Trinajstić information content (AvgIpc) is 2.65. The lowest BCUT2D eigenvalue weighted by Gasteiger charge is -2.09. The molecular weight excluding hydrogens is 257 g/mol. The number of imidazole rings is 1. The number of hydrogen-bond donors (Lipinski definition) is 1. The van der Waals surface area contributed by atoms with Crippen molar-refractivity contribution < 1.29 is 0 Å². The Morgan fingerprint density at radius 3 is 2.82 bits per heavy atom. The summed E-state index contributed by atoms with van der Waals surface area (Å²) in [7, 11) is 0. The van der Waals surface area contributed by atoms with Gasteiger partial charge in [0, 0.05) is 12.7 Å². The van der Waals surface area contributed by atoms with Crippen LogP contribution in [0.2, 0.25) is 10.0 Å². The monoisotopic (exact) mass is 269 g/mol. The van der Waals surface area contributed by atoms with Gasteiger partial charge in [-0.25, -0.2) is 4.98 Å². The molecule has 2 aromatic rings. The quantitative estimate of drug-likeness (QED) is 0.902. The number of benzene rings is 1. The summed E-state index contributed by atoms with van der Waals surface area (Å²) in [4.78, 5) is 4.40. The van der Waals surface area contributed by atoms with Gasteiger partial charge in [-0.05, 0) is 26.0 Å². The first-order valence-corrected chi connectivity index (χ1v) is 6.12. The predicted octanol–water partition coefficient (Wildman–Crippen LogP) is 4.26. The Morgan fingerprint density at radius 1 is 1.35 bits per heavy atom. The van der Waals surface area contributed by atoms with E-state index in [0.29, 0.717) is 10.0 Å². The van der Waals surface area contributed by atoms with Crippen molar-refractivity contribution in [3.05, 3.63) is 40.1 Å². The molecular formula is C12H13Cl2N3. The Bertz CT molecular complexity index is 535. The highest BCUT2D eigenvalue weighted by atomic mass is 35.5. The Labute approximate surface area is 110 Å². The van der Waals surface area contributed by atoms with E-state index in [4.69, 9.17) is 23.2 Å². The number of rotatable bonds is 3. The van der Waals surface area contributed by atoms with Crippen LogP contribution in [0.1, 0.15) is 12.6 Å². The lowest BCUT2D eigenvalue weighted by atomic mass is 10.3. The molecule has 0 aliphatic rings. The molecule has 17 heavy (non-hydrogen) atoms. The van der Waals surface area contributed by atoms with Crippen molar-refractivity contribution in [3.8, 4) is 0 Å². The van der Waals surface area contributed by atoms with E-state index in [1.165, 1.54) is 0 Å². The van der Waals surface area contributed by atoms with Gasteiger partial charge in [-0.3, -0.25) is 0 Å². The fourth-order valence-corrected chi connectivity index (χ4v) is 1.96. The summed E-state index contributed by atoms with van der Waals surface area (Å²) in [6, 6.07) is 5.48. The van der Waals surface area contributed by atoms with Crippen LogP contribution in [0.15, 0.2) is 24.4 Å². The highest BCUT2D eigenvalue weighted by molar-refractivity contribution is 6.43. The SMILES string of the molecule is CCn1cc(C)nc1Nc1cccc(Cl)c1Cl. The highest BCUT2D eigenvalue weighted by Gasteiger charge is 2.08. The van der Waals surface area contributed by atoms with Crippen molar-refractivity contribution in [2.45, 2.75) is 20.4 Å². The molecule has 1 aromatic heterocycles. The summed E-state index contributed by atoms with van der Waals surface area (Å²) in [5.41, 5.74) is 1.73. The molecule has 1 N–H and O–H groups in total. The van der Waals surface area contributed by atoms with Gasteiger partial charge in [-0.1, -0.05) is 29.3 Å². The van der Waals surface area contributed by atoms with E-state index < -0.39 is 0 Å². The molecule has 0 radical (unpaired) electrons. The second kappa shape index (κ2) is 4.98. The number of aryl methyl sites for hydroxylation is 2. The van der Waals surface area contributed by atoms with E-state index >= 15 is 0 Å². The first-order valence-electron chi connectivity index (χ1n) is 5.36. The highest BCUT2D eigenvalue weighted by Crippen LogP contribution is 2.31. The third-order valence-corrected chi connectivity index (χ3v) is 3.25. The summed E-state index contributed by atoms with van der Waals surface area (Å²) in [5, 5.41) is 4.23. The lowest BCUT2D eigenvalue weighted by Crippen LogP contribution is -2.01. The maximum atomic E-state index is 6.11. The third kappa shape index (κ3) is 2.56. The van der Waals surface area contributed by atoms with Crippen LogP contribution >= 0.6 is 23.2 Å². The smallest absolute Gasteiger partial charge is 0.207 e. The number of nitrogens with one attached hydrogen (secondary N) is 1. The zero-order chi connectivity index (χ0) is 12.4. The predicted molar refractivity (Wildman–Crippen MR) is 72.4 cm³/mol. The van der Waals surface area contributed by atoms with Crippen LogP contribution in [-0.2, 0) is 6.54 Å². The van der Waals surface area contributed by atoms with E-state index in [9.17, 15) is 0 Å². The van der Waals surface area contributed by atoms with Gasteiger partial charge in [0.05, 0.1) is 21.4 Å². The number of anilines is 2.